The molecule has 1 fully saturated rings. The lowest BCUT2D eigenvalue weighted by atomic mass is 9.26. The van der Waals surface area contributed by atoms with Crippen molar-refractivity contribution in [1.82, 2.24) is 0 Å². The maximum absolute atomic E-state index is 3.78. The molecule has 2 aromatic rings. The van der Waals surface area contributed by atoms with Gasteiger partial charge in [0.05, 0.1) is 0 Å². The Morgan fingerprint density at radius 3 is 2.74 bits per heavy atom. The van der Waals surface area contributed by atoms with E-state index in [2.05, 4.69) is 97.4 Å². The van der Waals surface area contributed by atoms with E-state index in [1.54, 1.807) is 11.0 Å². The maximum atomic E-state index is 3.78. The molecule has 2 unspecified atom stereocenters. The number of halogens is 1. The molecule has 2 heteroatoms. The molecule has 0 aromatic heterocycles. The molecule has 0 N–H and O–H groups in total. The average molecular weight is 471 g/mol. The summed E-state index contributed by atoms with van der Waals surface area (Å²) in [7, 11) is 0. The van der Waals surface area contributed by atoms with Gasteiger partial charge in [0, 0.05) is 4.47 Å². The van der Waals surface area contributed by atoms with E-state index in [0.29, 0.717) is 12.5 Å². The molecular formula is C29H32BBr. The van der Waals surface area contributed by atoms with Crippen LogP contribution in [0.5, 0.6) is 0 Å². The smallest absolute Gasteiger partial charge is 0.0836 e. The molecule has 3 aliphatic carbocycles. The standard InChI is InChI=1S/C29H32BBr/c1-20-14-16-22-9-4-5-13-26(22)27(20)30(24-11-8-12-25(31)19-24)28-21(2)15-17-23-10-6-7-18-29(23,28)3/h5,8,11-17,19,28H,4,6-7,9-10,18H2,1-3H3. The van der Waals surface area contributed by atoms with E-state index < -0.39 is 0 Å². The first-order valence-electron chi connectivity index (χ1n) is 11.9. The number of aryl methyl sites for hydroxylation is 2. The highest BCUT2D eigenvalue weighted by Gasteiger charge is 2.48. The maximum Gasteiger partial charge on any atom is 0.218 e. The van der Waals surface area contributed by atoms with Crippen molar-refractivity contribution < 1.29 is 0 Å². The Balaban J connectivity index is 1.77. The molecule has 0 heterocycles. The third-order valence-electron chi connectivity index (χ3n) is 8.16. The number of allylic oxidation sites excluding steroid dienone is 5. The third-order valence-corrected chi connectivity index (χ3v) is 8.66. The van der Waals surface area contributed by atoms with Gasteiger partial charge in [-0.25, -0.2) is 0 Å². The van der Waals surface area contributed by atoms with Crippen molar-refractivity contribution in [3.8, 4) is 0 Å². The lowest BCUT2D eigenvalue weighted by Gasteiger charge is -2.49. The molecule has 0 bridgehead atoms. The highest BCUT2D eigenvalue weighted by molar-refractivity contribution is 9.10. The summed E-state index contributed by atoms with van der Waals surface area (Å²) in [4.78, 5) is 0. The van der Waals surface area contributed by atoms with Gasteiger partial charge in [0.15, 0.2) is 0 Å². The molecule has 1 saturated carbocycles. The second-order valence-corrected chi connectivity index (χ2v) is 11.0. The number of benzene rings is 2. The van der Waals surface area contributed by atoms with Crippen LogP contribution in [0.25, 0.3) is 6.08 Å². The first-order chi connectivity index (χ1) is 15.0. The largest absolute Gasteiger partial charge is 0.218 e. The van der Waals surface area contributed by atoms with Crippen LogP contribution < -0.4 is 10.9 Å². The number of rotatable bonds is 3. The summed E-state index contributed by atoms with van der Waals surface area (Å²) in [5, 5.41) is 0. The third kappa shape index (κ3) is 3.61. The Labute approximate surface area is 196 Å². The van der Waals surface area contributed by atoms with Crippen molar-refractivity contribution in [2.75, 3.05) is 0 Å². The number of fused-ring (bicyclic) bond motifs is 2. The van der Waals surface area contributed by atoms with Crippen LogP contribution in [0.2, 0.25) is 5.82 Å². The van der Waals surface area contributed by atoms with Crippen LogP contribution >= 0.6 is 15.9 Å². The minimum Gasteiger partial charge on any atom is -0.0836 e. The predicted molar refractivity (Wildman–Crippen MR) is 140 cm³/mol. The lowest BCUT2D eigenvalue weighted by molar-refractivity contribution is 0.295. The fourth-order valence-corrected chi connectivity index (χ4v) is 7.05. The van der Waals surface area contributed by atoms with Crippen molar-refractivity contribution in [1.29, 1.82) is 0 Å². The predicted octanol–water partition coefficient (Wildman–Crippen LogP) is 7.16. The molecule has 5 rings (SSSR count). The summed E-state index contributed by atoms with van der Waals surface area (Å²) in [5.74, 6) is 0.489. The van der Waals surface area contributed by atoms with Gasteiger partial charge in [0.25, 0.3) is 0 Å². The zero-order valence-corrected chi connectivity index (χ0v) is 20.6. The second kappa shape index (κ2) is 8.28. The van der Waals surface area contributed by atoms with E-state index in [0.717, 1.165) is 12.8 Å². The zero-order valence-electron chi connectivity index (χ0n) is 19.0. The monoisotopic (exact) mass is 470 g/mol. The van der Waals surface area contributed by atoms with Crippen molar-refractivity contribution >= 4 is 39.6 Å². The van der Waals surface area contributed by atoms with Crippen LogP contribution in [-0.2, 0) is 6.42 Å². The van der Waals surface area contributed by atoms with Gasteiger partial charge in [-0.1, -0.05) is 112 Å². The second-order valence-electron chi connectivity index (χ2n) is 10.0. The zero-order chi connectivity index (χ0) is 21.6. The molecule has 0 amide bonds. The van der Waals surface area contributed by atoms with E-state index in [-0.39, 0.29) is 5.41 Å². The molecule has 0 saturated heterocycles. The number of hydrogen-bond donors (Lipinski definition) is 0. The molecule has 2 atom stereocenters. The van der Waals surface area contributed by atoms with Crippen molar-refractivity contribution in [3.05, 3.63) is 86.9 Å². The molecule has 0 spiro atoms. The summed E-state index contributed by atoms with van der Waals surface area (Å²) >= 11 is 3.78. The summed E-state index contributed by atoms with van der Waals surface area (Å²) in [5.41, 5.74) is 10.9. The Morgan fingerprint density at radius 1 is 1.03 bits per heavy atom. The SMILES string of the molecule is CC1=CC=C2CCCCC2(C)C1B(c1cccc(Br)c1)c1c(C)ccc2c1C=CCC2. The number of hydrogen-bond acceptors (Lipinski definition) is 0. The van der Waals surface area contributed by atoms with Gasteiger partial charge >= 0.3 is 0 Å². The van der Waals surface area contributed by atoms with Crippen LogP contribution in [0.3, 0.4) is 0 Å². The molecule has 3 aliphatic rings. The van der Waals surface area contributed by atoms with Crippen LogP contribution in [-0.4, -0.2) is 6.71 Å². The van der Waals surface area contributed by atoms with E-state index >= 15 is 0 Å². The summed E-state index contributed by atoms with van der Waals surface area (Å²) in [6.07, 6.45) is 17.2. The summed E-state index contributed by atoms with van der Waals surface area (Å²) in [6, 6.07) is 13.8. The average Bonchev–Trinajstić information content (AvgIpc) is 2.76. The minimum absolute atomic E-state index is 0.234. The van der Waals surface area contributed by atoms with Crippen LogP contribution in [0.4, 0.5) is 0 Å². The highest BCUT2D eigenvalue weighted by atomic mass is 79.9. The van der Waals surface area contributed by atoms with Crippen molar-refractivity contribution in [2.24, 2.45) is 5.41 Å². The Hall–Kier alpha value is -1.80. The van der Waals surface area contributed by atoms with Gasteiger partial charge in [-0.05, 0) is 74.4 Å². The highest BCUT2D eigenvalue weighted by Crippen LogP contribution is 2.55. The molecule has 0 radical (unpaired) electrons. The minimum atomic E-state index is 0.234. The molecule has 0 nitrogen and oxygen atoms in total. The van der Waals surface area contributed by atoms with Gasteiger partial charge in [0.1, 0.15) is 0 Å². The van der Waals surface area contributed by atoms with E-state index in [9.17, 15) is 0 Å². The van der Waals surface area contributed by atoms with Gasteiger partial charge in [-0.15, -0.1) is 0 Å². The van der Waals surface area contributed by atoms with Gasteiger partial charge in [-0.3, -0.25) is 0 Å². The summed E-state index contributed by atoms with van der Waals surface area (Å²) in [6.45, 7) is 7.62. The van der Waals surface area contributed by atoms with Gasteiger partial charge in [-0.2, -0.15) is 0 Å². The van der Waals surface area contributed by atoms with Crippen molar-refractivity contribution in [2.45, 2.75) is 65.1 Å². The lowest BCUT2D eigenvalue weighted by Crippen LogP contribution is -2.54. The quantitative estimate of drug-likeness (QED) is 0.417. The molecule has 0 aliphatic heterocycles. The van der Waals surface area contributed by atoms with E-state index in [1.807, 2.05) is 0 Å². The van der Waals surface area contributed by atoms with Crippen LogP contribution in [0.15, 0.2) is 70.2 Å². The molecule has 2 aromatic carbocycles. The Kier molecular flexibility index (Phi) is 5.63. The van der Waals surface area contributed by atoms with Crippen LogP contribution in [0, 0.1) is 12.3 Å². The molecule has 158 valence electrons. The molecule has 31 heavy (non-hydrogen) atoms. The van der Waals surface area contributed by atoms with E-state index in [4.69, 9.17) is 0 Å². The van der Waals surface area contributed by atoms with Gasteiger partial charge < -0.3 is 0 Å². The van der Waals surface area contributed by atoms with Gasteiger partial charge in [0.2, 0.25) is 6.71 Å². The first kappa shape index (κ1) is 21.1. The first-order valence-corrected chi connectivity index (χ1v) is 12.7. The fourth-order valence-electron chi connectivity index (χ4n) is 6.64. The van der Waals surface area contributed by atoms with Crippen LogP contribution in [0.1, 0.15) is 62.6 Å². The van der Waals surface area contributed by atoms with Crippen molar-refractivity contribution in [3.63, 3.8) is 0 Å². The topological polar surface area (TPSA) is 0 Å². The summed E-state index contributed by atoms with van der Waals surface area (Å²) < 4.78 is 1.18. The fraction of sp³-hybridized carbons (Fsp3) is 0.379. The normalized spacial score (nSPS) is 24.7. The Morgan fingerprint density at radius 2 is 1.90 bits per heavy atom. The molecular weight excluding hydrogens is 439 g/mol. The Bertz CT molecular complexity index is 1110. The van der Waals surface area contributed by atoms with E-state index in [1.165, 1.54) is 57.9 Å².